The minimum absolute atomic E-state index is 0.0572. The van der Waals surface area contributed by atoms with E-state index in [1.54, 1.807) is 0 Å². The molecule has 0 amide bonds. The van der Waals surface area contributed by atoms with Gasteiger partial charge in [-0.15, -0.1) is 0 Å². The molecule has 0 aromatic carbocycles. The summed E-state index contributed by atoms with van der Waals surface area (Å²) in [6.07, 6.45) is 10.4. The van der Waals surface area contributed by atoms with Crippen LogP contribution in [0.15, 0.2) is 12.2 Å². The molecule has 2 fully saturated rings. The molecule has 0 unspecified atom stereocenters. The second-order valence-corrected chi connectivity index (χ2v) is 25.2. The van der Waals surface area contributed by atoms with Crippen LogP contribution in [0.2, 0.25) is 36.3 Å². The van der Waals surface area contributed by atoms with E-state index in [1.807, 2.05) is 0 Å². The van der Waals surface area contributed by atoms with Gasteiger partial charge in [-0.05, 0) is 112 Å². The fraction of sp³-hybridized carbons (Fsp3) is 0.933. The van der Waals surface area contributed by atoms with Crippen molar-refractivity contribution in [3.8, 4) is 0 Å². The SMILES string of the molecule is C=C(CCCC(C)(C)O[Si](C)(C)C(C)(C)C)[C@H]1CC[C@H]2[C@@H](O[Si](C)(C)C(C)(C)C)CCC[C@]12C. The van der Waals surface area contributed by atoms with Gasteiger partial charge in [0.1, 0.15) is 0 Å². The van der Waals surface area contributed by atoms with Gasteiger partial charge in [0.25, 0.3) is 0 Å². The van der Waals surface area contributed by atoms with Crippen molar-refractivity contribution in [2.24, 2.45) is 17.3 Å². The average molecular weight is 509 g/mol. The lowest BCUT2D eigenvalue weighted by molar-refractivity contribution is -0.00396. The van der Waals surface area contributed by atoms with E-state index in [0.717, 1.165) is 12.8 Å². The molecule has 0 N–H and O–H groups in total. The number of hydrogen-bond acceptors (Lipinski definition) is 2. The van der Waals surface area contributed by atoms with Crippen molar-refractivity contribution in [2.75, 3.05) is 0 Å². The van der Waals surface area contributed by atoms with Crippen molar-refractivity contribution >= 4 is 16.6 Å². The highest BCUT2D eigenvalue weighted by atomic mass is 28.4. The molecule has 4 heteroatoms. The molecule has 0 radical (unpaired) electrons. The molecule has 4 atom stereocenters. The Labute approximate surface area is 216 Å². The van der Waals surface area contributed by atoms with E-state index in [0.29, 0.717) is 23.4 Å². The Bertz CT molecular complexity index is 710. The van der Waals surface area contributed by atoms with Crippen molar-refractivity contribution in [2.45, 2.75) is 162 Å². The molecule has 0 heterocycles. The maximum atomic E-state index is 7.05. The summed E-state index contributed by atoms with van der Waals surface area (Å²) in [5, 5.41) is 0.535. The Morgan fingerprint density at radius 2 is 1.44 bits per heavy atom. The minimum Gasteiger partial charge on any atom is -0.414 e. The molecule has 2 saturated carbocycles. The summed E-state index contributed by atoms with van der Waals surface area (Å²) in [4.78, 5) is 0. The maximum absolute atomic E-state index is 7.05. The molecule has 0 aliphatic heterocycles. The smallest absolute Gasteiger partial charge is 0.192 e. The summed E-state index contributed by atoms with van der Waals surface area (Å²) in [6.45, 7) is 35.6. The maximum Gasteiger partial charge on any atom is 0.192 e. The molecule has 0 saturated heterocycles. The molecule has 0 aromatic rings. The highest BCUT2D eigenvalue weighted by molar-refractivity contribution is 6.74. The Hall–Kier alpha value is 0.0938. The van der Waals surface area contributed by atoms with Crippen molar-refractivity contribution in [3.05, 3.63) is 12.2 Å². The number of hydrogen-bond donors (Lipinski definition) is 0. The highest BCUT2D eigenvalue weighted by Crippen LogP contribution is 2.59. The van der Waals surface area contributed by atoms with E-state index in [-0.39, 0.29) is 15.7 Å². The number of rotatable bonds is 9. The van der Waals surface area contributed by atoms with Gasteiger partial charge < -0.3 is 8.85 Å². The van der Waals surface area contributed by atoms with Crippen LogP contribution in [0.4, 0.5) is 0 Å². The summed E-state index contributed by atoms with van der Waals surface area (Å²) in [7, 11) is -3.50. The first-order valence-corrected chi connectivity index (χ1v) is 20.0. The van der Waals surface area contributed by atoms with Crippen molar-refractivity contribution < 1.29 is 8.85 Å². The van der Waals surface area contributed by atoms with E-state index >= 15 is 0 Å². The Balaban J connectivity index is 1.99. The van der Waals surface area contributed by atoms with Crippen molar-refractivity contribution in [1.29, 1.82) is 0 Å². The molecule has 0 bridgehead atoms. The molecular weight excluding hydrogens is 449 g/mol. The summed E-state index contributed by atoms with van der Waals surface area (Å²) in [6, 6.07) is 0. The van der Waals surface area contributed by atoms with Gasteiger partial charge in [0.05, 0.1) is 5.60 Å². The lowest BCUT2D eigenvalue weighted by Gasteiger charge is -2.49. The van der Waals surface area contributed by atoms with Crippen LogP contribution in [0.3, 0.4) is 0 Å². The van der Waals surface area contributed by atoms with E-state index in [9.17, 15) is 0 Å². The zero-order valence-corrected chi connectivity index (χ0v) is 27.4. The van der Waals surface area contributed by atoms with Crippen LogP contribution in [-0.4, -0.2) is 28.3 Å². The van der Waals surface area contributed by atoms with Gasteiger partial charge in [0.15, 0.2) is 16.6 Å². The molecule has 0 spiro atoms. The molecule has 2 aliphatic carbocycles. The zero-order chi connectivity index (χ0) is 26.4. The van der Waals surface area contributed by atoms with Crippen LogP contribution < -0.4 is 0 Å². The van der Waals surface area contributed by atoms with Crippen LogP contribution in [0.5, 0.6) is 0 Å². The molecular formula is C30H60O2Si2. The van der Waals surface area contributed by atoms with Crippen LogP contribution >= 0.6 is 0 Å². The fourth-order valence-corrected chi connectivity index (χ4v) is 9.48. The third-order valence-electron chi connectivity index (χ3n) is 10.4. The van der Waals surface area contributed by atoms with Crippen LogP contribution in [-0.2, 0) is 8.85 Å². The van der Waals surface area contributed by atoms with Crippen LogP contribution in [0.25, 0.3) is 0 Å². The number of fused-ring (bicyclic) bond motifs is 1. The lowest BCUT2D eigenvalue weighted by Crippen LogP contribution is -2.50. The first-order valence-electron chi connectivity index (χ1n) is 14.2. The molecule has 200 valence electrons. The average Bonchev–Trinajstić information content (AvgIpc) is 2.96. The first-order chi connectivity index (χ1) is 15.1. The summed E-state index contributed by atoms with van der Waals surface area (Å²) < 4.78 is 13.8. The Kier molecular flexibility index (Phi) is 9.01. The number of allylic oxidation sites excluding steroid dienone is 1. The third-order valence-corrected chi connectivity index (χ3v) is 19.6. The van der Waals surface area contributed by atoms with E-state index in [2.05, 4.69) is 95.1 Å². The molecule has 2 nitrogen and oxygen atoms in total. The summed E-state index contributed by atoms with van der Waals surface area (Å²) in [5.41, 5.74) is 1.81. The van der Waals surface area contributed by atoms with Gasteiger partial charge in [0.2, 0.25) is 0 Å². The van der Waals surface area contributed by atoms with Crippen molar-refractivity contribution in [3.63, 3.8) is 0 Å². The van der Waals surface area contributed by atoms with Crippen molar-refractivity contribution in [1.82, 2.24) is 0 Å². The predicted molar refractivity (Wildman–Crippen MR) is 156 cm³/mol. The molecule has 2 aliphatic rings. The van der Waals surface area contributed by atoms with Crippen LogP contribution in [0.1, 0.15) is 114 Å². The molecule has 34 heavy (non-hydrogen) atoms. The van der Waals surface area contributed by atoms with Gasteiger partial charge >= 0.3 is 0 Å². The first kappa shape index (κ1) is 30.3. The highest BCUT2D eigenvalue weighted by Gasteiger charge is 2.54. The summed E-state index contributed by atoms with van der Waals surface area (Å²) >= 11 is 0. The zero-order valence-electron chi connectivity index (χ0n) is 25.4. The molecule has 2 rings (SSSR count). The quantitative estimate of drug-likeness (QED) is 0.228. The van der Waals surface area contributed by atoms with E-state index in [1.165, 1.54) is 44.1 Å². The monoisotopic (exact) mass is 508 g/mol. The Morgan fingerprint density at radius 1 is 0.882 bits per heavy atom. The third kappa shape index (κ3) is 6.69. The molecule has 0 aromatic heterocycles. The van der Waals surface area contributed by atoms with Gasteiger partial charge in [0, 0.05) is 6.10 Å². The van der Waals surface area contributed by atoms with Gasteiger partial charge in [-0.3, -0.25) is 0 Å². The normalized spacial score (nSPS) is 29.3. The Morgan fingerprint density at radius 3 is 1.97 bits per heavy atom. The largest absolute Gasteiger partial charge is 0.414 e. The predicted octanol–water partition coefficient (Wildman–Crippen LogP) is 10.1. The van der Waals surface area contributed by atoms with E-state index < -0.39 is 16.6 Å². The van der Waals surface area contributed by atoms with Crippen LogP contribution in [0, 0.1) is 17.3 Å². The summed E-state index contributed by atoms with van der Waals surface area (Å²) in [5.74, 6) is 1.36. The second-order valence-electron chi connectivity index (χ2n) is 15.7. The minimum atomic E-state index is -1.75. The van der Waals surface area contributed by atoms with Gasteiger partial charge in [-0.1, -0.05) is 67.0 Å². The van der Waals surface area contributed by atoms with E-state index in [4.69, 9.17) is 8.85 Å². The second kappa shape index (κ2) is 10.1. The fourth-order valence-electron chi connectivity index (χ4n) is 6.30. The van der Waals surface area contributed by atoms with Gasteiger partial charge in [-0.25, -0.2) is 0 Å². The lowest BCUT2D eigenvalue weighted by atomic mass is 9.62. The topological polar surface area (TPSA) is 18.5 Å². The van der Waals surface area contributed by atoms with Gasteiger partial charge in [-0.2, -0.15) is 0 Å². The standard InChI is InChI=1S/C30H60O2Si2/c1-23(17-15-21-29(8,9)32-34(13,14)28(5,6)7)24-19-20-25-26(18-16-22-30(24,25)10)31-33(11,12)27(2,3)4/h24-26H,1,15-22H2,2-14H3/t24-,25+,26+,30-/m1/s1.